The average Bonchev–Trinajstić information content (AvgIpc) is 2.61. The number of aliphatic carboxylic acids is 1. The van der Waals surface area contributed by atoms with Crippen molar-refractivity contribution in [1.82, 2.24) is 5.32 Å². The van der Waals surface area contributed by atoms with E-state index in [-0.39, 0.29) is 17.7 Å². The van der Waals surface area contributed by atoms with Crippen molar-refractivity contribution in [1.29, 1.82) is 0 Å². The lowest BCUT2D eigenvalue weighted by Gasteiger charge is -2.29. The van der Waals surface area contributed by atoms with Gasteiger partial charge >= 0.3 is 5.97 Å². The number of morpholine rings is 1. The minimum atomic E-state index is -0.875. The molecule has 2 N–H and O–H groups in total. The molecule has 9 heteroatoms. The fraction of sp³-hybridized carbons (Fsp3) is 0.500. The summed E-state index contributed by atoms with van der Waals surface area (Å²) in [6.07, 6.45) is 1.03. The molecule has 0 bridgehead atoms. The highest BCUT2D eigenvalue weighted by molar-refractivity contribution is 6.02. The fourth-order valence-electron chi connectivity index (χ4n) is 2.68. The molecule has 0 radical (unpaired) electrons. The number of ether oxygens (including phenoxy) is 1. The van der Waals surface area contributed by atoms with Crippen molar-refractivity contribution >= 4 is 23.3 Å². The zero-order valence-corrected chi connectivity index (χ0v) is 13.8. The molecule has 1 heterocycles. The van der Waals surface area contributed by atoms with Crippen LogP contribution < -0.4 is 10.2 Å². The van der Waals surface area contributed by atoms with Gasteiger partial charge < -0.3 is 20.1 Å². The number of nitrogens with zero attached hydrogens (tertiary/aromatic N) is 2. The normalized spacial score (nSPS) is 14.2. The third-order valence-corrected chi connectivity index (χ3v) is 3.89. The van der Waals surface area contributed by atoms with Gasteiger partial charge in [-0.1, -0.05) is 6.07 Å². The molecule has 1 amide bonds. The van der Waals surface area contributed by atoms with Crippen LogP contribution in [0.25, 0.3) is 0 Å². The van der Waals surface area contributed by atoms with E-state index in [1.807, 2.05) is 0 Å². The third-order valence-electron chi connectivity index (χ3n) is 3.89. The maximum Gasteiger partial charge on any atom is 0.303 e. The van der Waals surface area contributed by atoms with E-state index in [1.54, 1.807) is 11.0 Å². The predicted molar refractivity (Wildman–Crippen MR) is 89.9 cm³/mol. The standard InChI is InChI=1S/C16H21N3O6/c20-14(21)6-1-2-7-17-16(22)12-4-3-5-13(19(23)24)15(12)18-8-10-25-11-9-18/h3-5H,1-2,6-11H2,(H,17,22)(H,20,21). The number of rotatable bonds is 8. The Hall–Kier alpha value is -2.68. The van der Waals surface area contributed by atoms with Gasteiger partial charge in [-0.2, -0.15) is 0 Å². The van der Waals surface area contributed by atoms with Crippen LogP contribution >= 0.6 is 0 Å². The van der Waals surface area contributed by atoms with Gasteiger partial charge in [0.25, 0.3) is 11.6 Å². The van der Waals surface area contributed by atoms with Crippen molar-refractivity contribution in [2.75, 3.05) is 37.7 Å². The molecule has 1 aliphatic heterocycles. The summed E-state index contributed by atoms with van der Waals surface area (Å²) in [5.74, 6) is -1.28. The van der Waals surface area contributed by atoms with Crippen LogP contribution in [0.5, 0.6) is 0 Å². The van der Waals surface area contributed by atoms with Crippen LogP contribution in [0.2, 0.25) is 0 Å². The summed E-state index contributed by atoms with van der Waals surface area (Å²) in [5, 5.41) is 22.7. The number of benzene rings is 1. The highest BCUT2D eigenvalue weighted by Gasteiger charge is 2.27. The van der Waals surface area contributed by atoms with E-state index >= 15 is 0 Å². The second kappa shape index (κ2) is 8.97. The molecule has 0 spiro atoms. The quantitative estimate of drug-likeness (QED) is 0.412. The highest BCUT2D eigenvalue weighted by Crippen LogP contribution is 2.32. The minimum Gasteiger partial charge on any atom is -0.481 e. The summed E-state index contributed by atoms with van der Waals surface area (Å²) >= 11 is 0. The number of amides is 1. The van der Waals surface area contributed by atoms with E-state index in [1.165, 1.54) is 12.1 Å². The minimum absolute atomic E-state index is 0.0473. The van der Waals surface area contributed by atoms with Gasteiger partial charge in [0.1, 0.15) is 5.69 Å². The molecule has 25 heavy (non-hydrogen) atoms. The van der Waals surface area contributed by atoms with Gasteiger partial charge in [0, 0.05) is 32.1 Å². The number of para-hydroxylation sites is 1. The number of hydrogen-bond acceptors (Lipinski definition) is 6. The monoisotopic (exact) mass is 351 g/mol. The fourth-order valence-corrected chi connectivity index (χ4v) is 2.68. The van der Waals surface area contributed by atoms with Crippen molar-refractivity contribution in [2.24, 2.45) is 0 Å². The van der Waals surface area contributed by atoms with Crippen LogP contribution in [0.1, 0.15) is 29.6 Å². The van der Waals surface area contributed by atoms with Crippen LogP contribution in [0.15, 0.2) is 18.2 Å². The maximum atomic E-state index is 12.5. The Labute approximate surface area is 144 Å². The number of carboxylic acid groups (broad SMARTS) is 1. The van der Waals surface area contributed by atoms with Crippen LogP contribution in [0, 0.1) is 10.1 Å². The molecule has 1 fully saturated rings. The van der Waals surface area contributed by atoms with E-state index in [2.05, 4.69) is 5.32 Å². The van der Waals surface area contributed by atoms with Crippen molar-refractivity contribution < 1.29 is 24.4 Å². The summed E-state index contributed by atoms with van der Waals surface area (Å²) in [7, 11) is 0. The number of carbonyl (C=O) groups excluding carboxylic acids is 1. The van der Waals surface area contributed by atoms with Crippen molar-refractivity contribution in [3.63, 3.8) is 0 Å². The van der Waals surface area contributed by atoms with Crippen LogP contribution in [-0.4, -0.2) is 54.8 Å². The van der Waals surface area contributed by atoms with E-state index in [4.69, 9.17) is 9.84 Å². The molecule has 2 rings (SSSR count). The number of carbonyl (C=O) groups is 2. The van der Waals surface area contributed by atoms with Crippen molar-refractivity contribution in [3.05, 3.63) is 33.9 Å². The number of anilines is 1. The zero-order chi connectivity index (χ0) is 18.2. The molecule has 0 atom stereocenters. The molecule has 0 aliphatic carbocycles. The van der Waals surface area contributed by atoms with Crippen molar-refractivity contribution in [3.8, 4) is 0 Å². The SMILES string of the molecule is O=C(O)CCCCNC(=O)c1cccc([N+](=O)[O-])c1N1CCOCC1. The molecular weight excluding hydrogens is 330 g/mol. The first-order valence-electron chi connectivity index (χ1n) is 8.11. The summed E-state index contributed by atoms with van der Waals surface area (Å²) in [6.45, 7) is 2.16. The third kappa shape index (κ3) is 5.15. The van der Waals surface area contributed by atoms with E-state index in [9.17, 15) is 19.7 Å². The first-order chi connectivity index (χ1) is 12.0. The van der Waals surface area contributed by atoms with Crippen LogP contribution in [-0.2, 0) is 9.53 Å². The molecule has 1 aromatic rings. The van der Waals surface area contributed by atoms with Crippen LogP contribution in [0.4, 0.5) is 11.4 Å². The number of carboxylic acids is 1. The molecule has 1 aliphatic rings. The number of unbranched alkanes of at least 4 members (excludes halogenated alkanes) is 1. The molecule has 0 aromatic heterocycles. The summed E-state index contributed by atoms with van der Waals surface area (Å²) in [6, 6.07) is 4.43. The Balaban J connectivity index is 2.12. The smallest absolute Gasteiger partial charge is 0.303 e. The lowest BCUT2D eigenvalue weighted by molar-refractivity contribution is -0.384. The maximum absolute atomic E-state index is 12.5. The zero-order valence-electron chi connectivity index (χ0n) is 13.8. The molecule has 9 nitrogen and oxygen atoms in total. The first-order valence-corrected chi connectivity index (χ1v) is 8.11. The van der Waals surface area contributed by atoms with Crippen LogP contribution in [0.3, 0.4) is 0 Å². The summed E-state index contributed by atoms with van der Waals surface area (Å²) in [5.41, 5.74) is 0.439. The van der Waals surface area contributed by atoms with Gasteiger partial charge in [-0.3, -0.25) is 19.7 Å². The van der Waals surface area contributed by atoms with Gasteiger partial charge in [-0.25, -0.2) is 0 Å². The van der Waals surface area contributed by atoms with Gasteiger partial charge in [0.15, 0.2) is 0 Å². The molecular formula is C16H21N3O6. The number of hydrogen-bond donors (Lipinski definition) is 2. The Kier molecular flexibility index (Phi) is 6.70. The largest absolute Gasteiger partial charge is 0.481 e. The highest BCUT2D eigenvalue weighted by atomic mass is 16.6. The van der Waals surface area contributed by atoms with E-state index in [0.717, 1.165) is 0 Å². The molecule has 0 unspecified atom stereocenters. The Bertz CT molecular complexity index is 643. The number of nitro benzene ring substituents is 1. The Morgan fingerprint density at radius 1 is 1.28 bits per heavy atom. The average molecular weight is 351 g/mol. The van der Waals surface area contributed by atoms with Gasteiger partial charge in [0.2, 0.25) is 0 Å². The van der Waals surface area contributed by atoms with Crippen molar-refractivity contribution in [2.45, 2.75) is 19.3 Å². The Morgan fingerprint density at radius 3 is 2.64 bits per heavy atom. The van der Waals surface area contributed by atoms with Gasteiger partial charge in [-0.05, 0) is 18.9 Å². The second-order valence-electron chi connectivity index (χ2n) is 5.64. The van der Waals surface area contributed by atoms with Gasteiger partial charge in [0.05, 0.1) is 23.7 Å². The Morgan fingerprint density at radius 2 is 2.00 bits per heavy atom. The molecule has 1 saturated heterocycles. The molecule has 136 valence electrons. The molecule has 1 aromatic carbocycles. The lowest BCUT2D eigenvalue weighted by atomic mass is 10.1. The summed E-state index contributed by atoms with van der Waals surface area (Å²) < 4.78 is 5.27. The van der Waals surface area contributed by atoms with Gasteiger partial charge in [-0.15, -0.1) is 0 Å². The second-order valence-corrected chi connectivity index (χ2v) is 5.64. The number of nitro groups is 1. The lowest BCUT2D eigenvalue weighted by Crippen LogP contribution is -2.38. The summed E-state index contributed by atoms with van der Waals surface area (Å²) in [4.78, 5) is 35.6. The van der Waals surface area contributed by atoms with E-state index in [0.29, 0.717) is 51.4 Å². The predicted octanol–water partition coefficient (Wildman–Crippen LogP) is 1.42. The molecule has 0 saturated carbocycles. The first kappa shape index (κ1) is 18.7. The van der Waals surface area contributed by atoms with E-state index < -0.39 is 16.8 Å². The topological polar surface area (TPSA) is 122 Å². The number of nitrogens with one attached hydrogen (secondary N) is 1.